The number of hydrogen-bond acceptors (Lipinski definition) is 3. The first-order valence-corrected chi connectivity index (χ1v) is 7.20. The van der Waals surface area contributed by atoms with Crippen LogP contribution in [0, 0.1) is 0 Å². The number of halogens is 1. The van der Waals surface area contributed by atoms with E-state index in [1.165, 1.54) is 0 Å². The number of carbonyl (C=O) groups is 1. The minimum Gasteiger partial charge on any atom is -0.496 e. The maximum atomic E-state index is 11.1. The van der Waals surface area contributed by atoms with Crippen LogP contribution >= 0.6 is 15.9 Å². The second-order valence-electron chi connectivity index (χ2n) is 4.74. The molecular formula is C14H18BrNO3. The summed E-state index contributed by atoms with van der Waals surface area (Å²) in [6.07, 6.45) is 2.37. The van der Waals surface area contributed by atoms with E-state index >= 15 is 0 Å². The highest BCUT2D eigenvalue weighted by molar-refractivity contribution is 9.10. The lowest BCUT2D eigenvalue weighted by molar-refractivity contribution is -0.138. The quantitative estimate of drug-likeness (QED) is 0.902. The Morgan fingerprint density at radius 1 is 1.47 bits per heavy atom. The van der Waals surface area contributed by atoms with Gasteiger partial charge in [-0.1, -0.05) is 15.9 Å². The van der Waals surface area contributed by atoms with Crippen LogP contribution in [0.5, 0.6) is 5.75 Å². The predicted octanol–water partition coefficient (Wildman–Crippen LogP) is 3.07. The number of methoxy groups -OCH3 is 1. The van der Waals surface area contributed by atoms with Gasteiger partial charge in [0.25, 0.3) is 0 Å². The van der Waals surface area contributed by atoms with Crippen LogP contribution in [0.4, 0.5) is 0 Å². The molecule has 1 atom stereocenters. The normalized spacial score (nSPS) is 17.4. The lowest BCUT2D eigenvalue weighted by Crippen LogP contribution is -2.28. The van der Waals surface area contributed by atoms with Gasteiger partial charge in [-0.05, 0) is 44.1 Å². The van der Waals surface area contributed by atoms with E-state index in [0.717, 1.165) is 41.7 Å². The Morgan fingerprint density at radius 2 is 2.16 bits per heavy atom. The summed E-state index contributed by atoms with van der Waals surface area (Å²) < 4.78 is 6.32. The van der Waals surface area contributed by atoms with Crippen molar-refractivity contribution in [1.82, 2.24) is 4.90 Å². The number of hydrogen-bond donors (Lipinski definition) is 1. The third-order valence-electron chi connectivity index (χ3n) is 3.50. The summed E-state index contributed by atoms with van der Waals surface area (Å²) in [6, 6.07) is 5.63. The number of ether oxygens (including phenoxy) is 1. The van der Waals surface area contributed by atoms with Crippen molar-refractivity contribution in [2.24, 2.45) is 0 Å². The standard InChI is InChI=1S/C14H18BrNO3/c1-19-13-5-4-10(15)8-11(13)12(9-14(17)18)16-6-2-3-7-16/h4-5,8,12H,2-3,6-7,9H2,1H3,(H,17,18). The zero-order valence-electron chi connectivity index (χ0n) is 10.9. The third kappa shape index (κ3) is 3.48. The van der Waals surface area contributed by atoms with Gasteiger partial charge in [0.05, 0.1) is 13.5 Å². The molecule has 2 rings (SSSR count). The molecule has 0 spiro atoms. The van der Waals surface area contributed by atoms with Crippen molar-refractivity contribution in [3.05, 3.63) is 28.2 Å². The lowest BCUT2D eigenvalue weighted by Gasteiger charge is -2.28. The molecule has 1 fully saturated rings. The summed E-state index contributed by atoms with van der Waals surface area (Å²) in [4.78, 5) is 13.4. The maximum Gasteiger partial charge on any atom is 0.305 e. The highest BCUT2D eigenvalue weighted by atomic mass is 79.9. The number of nitrogens with zero attached hydrogens (tertiary/aromatic N) is 1. The third-order valence-corrected chi connectivity index (χ3v) is 3.99. The molecule has 0 aromatic heterocycles. The minimum atomic E-state index is -0.779. The Labute approximate surface area is 121 Å². The number of benzene rings is 1. The Morgan fingerprint density at radius 3 is 2.74 bits per heavy atom. The summed E-state index contributed by atoms with van der Waals surface area (Å²) in [5, 5.41) is 9.16. The van der Waals surface area contributed by atoms with Gasteiger partial charge in [-0.3, -0.25) is 9.69 Å². The van der Waals surface area contributed by atoms with Crippen molar-refractivity contribution in [3.63, 3.8) is 0 Å². The van der Waals surface area contributed by atoms with Gasteiger partial charge in [-0.2, -0.15) is 0 Å². The van der Waals surface area contributed by atoms with Gasteiger partial charge >= 0.3 is 5.97 Å². The van der Waals surface area contributed by atoms with E-state index in [2.05, 4.69) is 20.8 Å². The molecule has 1 heterocycles. The van der Waals surface area contributed by atoms with Crippen molar-refractivity contribution >= 4 is 21.9 Å². The lowest BCUT2D eigenvalue weighted by atomic mass is 10.0. The molecule has 1 aliphatic heterocycles. The predicted molar refractivity (Wildman–Crippen MR) is 76.5 cm³/mol. The molecule has 0 saturated carbocycles. The summed E-state index contributed by atoms with van der Waals surface area (Å²) in [7, 11) is 1.62. The van der Waals surface area contributed by atoms with E-state index in [-0.39, 0.29) is 12.5 Å². The van der Waals surface area contributed by atoms with Gasteiger partial charge in [0.15, 0.2) is 0 Å². The van der Waals surface area contributed by atoms with E-state index in [4.69, 9.17) is 9.84 Å². The van der Waals surface area contributed by atoms with E-state index in [0.29, 0.717) is 0 Å². The van der Waals surface area contributed by atoms with E-state index in [9.17, 15) is 4.79 Å². The summed E-state index contributed by atoms with van der Waals surface area (Å²) in [5.74, 6) is -0.0275. The van der Waals surface area contributed by atoms with Gasteiger partial charge in [-0.15, -0.1) is 0 Å². The van der Waals surface area contributed by atoms with E-state index in [1.54, 1.807) is 7.11 Å². The summed E-state index contributed by atoms with van der Waals surface area (Å²) in [5.41, 5.74) is 0.946. The van der Waals surface area contributed by atoms with Crippen LogP contribution in [-0.2, 0) is 4.79 Å². The summed E-state index contributed by atoms with van der Waals surface area (Å²) in [6.45, 7) is 1.90. The molecule has 4 nitrogen and oxygen atoms in total. The molecule has 0 bridgehead atoms. The Bertz CT molecular complexity index is 458. The molecule has 0 radical (unpaired) electrons. The summed E-state index contributed by atoms with van der Waals surface area (Å²) >= 11 is 3.45. The smallest absolute Gasteiger partial charge is 0.305 e. The number of likely N-dealkylation sites (tertiary alicyclic amines) is 1. The molecule has 19 heavy (non-hydrogen) atoms. The Hall–Kier alpha value is -1.07. The zero-order valence-corrected chi connectivity index (χ0v) is 12.5. The Balaban J connectivity index is 2.35. The molecule has 104 valence electrons. The van der Waals surface area contributed by atoms with Gasteiger partial charge in [0.2, 0.25) is 0 Å². The van der Waals surface area contributed by atoms with Crippen molar-refractivity contribution in [1.29, 1.82) is 0 Å². The van der Waals surface area contributed by atoms with Gasteiger partial charge < -0.3 is 9.84 Å². The molecule has 1 saturated heterocycles. The van der Waals surface area contributed by atoms with Crippen LogP contribution in [0.1, 0.15) is 30.9 Å². The fraction of sp³-hybridized carbons (Fsp3) is 0.500. The molecule has 1 aromatic rings. The van der Waals surface area contributed by atoms with Crippen molar-refractivity contribution in [2.75, 3.05) is 20.2 Å². The Kier molecular flexibility index (Phi) is 4.82. The van der Waals surface area contributed by atoms with Crippen molar-refractivity contribution < 1.29 is 14.6 Å². The zero-order chi connectivity index (χ0) is 13.8. The number of carboxylic acids is 1. The fourth-order valence-corrected chi connectivity index (χ4v) is 3.00. The van der Waals surface area contributed by atoms with Crippen LogP contribution in [0.3, 0.4) is 0 Å². The van der Waals surface area contributed by atoms with Crippen LogP contribution in [0.15, 0.2) is 22.7 Å². The maximum absolute atomic E-state index is 11.1. The largest absolute Gasteiger partial charge is 0.496 e. The average molecular weight is 328 g/mol. The molecule has 1 N–H and O–H groups in total. The molecule has 0 aliphatic carbocycles. The first-order chi connectivity index (χ1) is 9.11. The van der Waals surface area contributed by atoms with Crippen LogP contribution in [0.25, 0.3) is 0 Å². The topological polar surface area (TPSA) is 49.8 Å². The van der Waals surface area contributed by atoms with Crippen LogP contribution in [0.2, 0.25) is 0 Å². The van der Waals surface area contributed by atoms with E-state index < -0.39 is 5.97 Å². The van der Waals surface area contributed by atoms with Crippen LogP contribution < -0.4 is 4.74 Å². The SMILES string of the molecule is COc1ccc(Br)cc1C(CC(=O)O)N1CCCC1. The van der Waals surface area contributed by atoms with E-state index in [1.807, 2.05) is 18.2 Å². The second-order valence-corrected chi connectivity index (χ2v) is 5.66. The van der Waals surface area contributed by atoms with Gasteiger partial charge in [0, 0.05) is 16.1 Å². The number of carboxylic acid groups (broad SMARTS) is 1. The first-order valence-electron chi connectivity index (χ1n) is 6.41. The van der Waals surface area contributed by atoms with Crippen molar-refractivity contribution in [3.8, 4) is 5.75 Å². The number of aliphatic carboxylic acids is 1. The number of rotatable bonds is 5. The highest BCUT2D eigenvalue weighted by Gasteiger charge is 2.28. The van der Waals surface area contributed by atoms with Gasteiger partial charge in [0.1, 0.15) is 5.75 Å². The van der Waals surface area contributed by atoms with Gasteiger partial charge in [-0.25, -0.2) is 0 Å². The minimum absolute atomic E-state index is 0.104. The molecular weight excluding hydrogens is 310 g/mol. The molecule has 5 heteroatoms. The van der Waals surface area contributed by atoms with Crippen LogP contribution in [-0.4, -0.2) is 36.2 Å². The molecule has 1 unspecified atom stereocenters. The fourth-order valence-electron chi connectivity index (χ4n) is 2.62. The molecule has 1 aliphatic rings. The van der Waals surface area contributed by atoms with Crippen molar-refractivity contribution in [2.45, 2.75) is 25.3 Å². The highest BCUT2D eigenvalue weighted by Crippen LogP contribution is 2.35. The average Bonchev–Trinajstić information content (AvgIpc) is 2.89. The second kappa shape index (κ2) is 6.39. The molecule has 0 amide bonds. The first kappa shape index (κ1) is 14.3. The monoisotopic (exact) mass is 327 g/mol. The molecule has 1 aromatic carbocycles.